The number of hydrogen-bond donors (Lipinski definition) is 0. The van der Waals surface area contributed by atoms with Crippen molar-refractivity contribution < 1.29 is 23.8 Å². The highest BCUT2D eigenvalue weighted by Crippen LogP contribution is 2.44. The number of fused-ring (bicyclic) bond motifs is 3. The molecule has 3 aromatic rings. The standard InChI is InChI=1S/C37H58N6O5Si2/c1-26(44)32-14-11-27(22-38-32)31-23-39-43-34(41(24-46-15-17-49(5,6)7)25-47-16-18-50(8,9)10)21-33(40-35(31)43)28-19-29-12-13-30(20-28)42(29)36(45)48-37(2,3)4/h11,14,21-23,28-30H,12-13,15-20,24-25H2,1-10H3/t28-,29+,30-. The third kappa shape index (κ3) is 9.80. The van der Waals surface area contributed by atoms with Crippen molar-refractivity contribution in [1.82, 2.24) is 24.5 Å². The van der Waals surface area contributed by atoms with Crippen LogP contribution in [-0.4, -0.2) is 96.9 Å². The minimum absolute atomic E-state index is 0.0784. The number of hydrogen-bond acceptors (Lipinski definition) is 9. The van der Waals surface area contributed by atoms with E-state index in [4.69, 9.17) is 24.3 Å². The number of amides is 1. The number of piperidine rings is 1. The molecule has 0 saturated carbocycles. The summed E-state index contributed by atoms with van der Waals surface area (Å²) in [6.07, 6.45) is 6.88. The lowest BCUT2D eigenvalue weighted by molar-refractivity contribution is 0.00568. The molecule has 3 aromatic heterocycles. The Bertz CT molecular complexity index is 1610. The quantitative estimate of drug-likeness (QED) is 0.0706. The van der Waals surface area contributed by atoms with Crippen LogP contribution in [-0.2, 0) is 14.2 Å². The number of pyridine rings is 1. The fourth-order valence-corrected chi connectivity index (χ4v) is 8.19. The van der Waals surface area contributed by atoms with Gasteiger partial charge in [0, 0.05) is 83.4 Å². The Morgan fingerprint density at radius 1 is 0.920 bits per heavy atom. The molecular formula is C37H58N6O5Si2. The molecule has 2 bridgehead atoms. The summed E-state index contributed by atoms with van der Waals surface area (Å²) in [4.78, 5) is 39.1. The first kappa shape index (κ1) is 38.1. The van der Waals surface area contributed by atoms with Gasteiger partial charge in [-0.05, 0) is 64.6 Å². The van der Waals surface area contributed by atoms with Crippen molar-refractivity contribution in [2.45, 2.75) is 128 Å². The molecule has 2 saturated heterocycles. The van der Waals surface area contributed by atoms with Gasteiger partial charge in [0.15, 0.2) is 11.4 Å². The summed E-state index contributed by atoms with van der Waals surface area (Å²) < 4.78 is 20.4. The number of ketones is 1. The SMILES string of the molecule is CC(=O)c1ccc(-c2cnn3c(N(COCC[Si](C)(C)C)COCC[Si](C)(C)C)cc([C@H]4C[C@H]5CC[C@@H](C4)N5C(=O)OC(C)(C)C)nc23)cn1. The number of rotatable bonds is 14. The third-order valence-corrected chi connectivity index (χ3v) is 12.9. The van der Waals surface area contributed by atoms with E-state index >= 15 is 0 Å². The van der Waals surface area contributed by atoms with Crippen molar-refractivity contribution in [1.29, 1.82) is 0 Å². The van der Waals surface area contributed by atoms with E-state index in [1.807, 2.05) is 42.4 Å². The summed E-state index contributed by atoms with van der Waals surface area (Å²) in [5, 5.41) is 4.86. The minimum Gasteiger partial charge on any atom is -0.444 e. The van der Waals surface area contributed by atoms with Crippen LogP contribution >= 0.6 is 0 Å². The Balaban J connectivity index is 1.52. The predicted molar refractivity (Wildman–Crippen MR) is 204 cm³/mol. The van der Waals surface area contributed by atoms with Gasteiger partial charge in [-0.2, -0.15) is 9.61 Å². The average Bonchev–Trinajstić information content (AvgIpc) is 3.56. The summed E-state index contributed by atoms with van der Waals surface area (Å²) in [5.41, 5.74) is 3.24. The first-order valence-corrected chi connectivity index (χ1v) is 25.6. The van der Waals surface area contributed by atoms with Gasteiger partial charge in [0.25, 0.3) is 0 Å². The van der Waals surface area contributed by atoms with Crippen molar-refractivity contribution in [3.63, 3.8) is 0 Å². The highest BCUT2D eigenvalue weighted by molar-refractivity contribution is 6.76. The normalized spacial score (nSPS) is 19.6. The van der Waals surface area contributed by atoms with Gasteiger partial charge in [-0.25, -0.2) is 9.78 Å². The largest absolute Gasteiger partial charge is 0.444 e. The van der Waals surface area contributed by atoms with Gasteiger partial charge < -0.3 is 24.0 Å². The van der Waals surface area contributed by atoms with Crippen molar-refractivity contribution in [2.24, 2.45) is 0 Å². The number of carbonyl (C=O) groups excluding carboxylic acids is 2. The van der Waals surface area contributed by atoms with E-state index in [2.05, 4.69) is 55.2 Å². The van der Waals surface area contributed by atoms with Gasteiger partial charge >= 0.3 is 6.09 Å². The maximum absolute atomic E-state index is 13.3. The molecule has 0 aliphatic carbocycles. The lowest BCUT2D eigenvalue weighted by atomic mass is 9.88. The summed E-state index contributed by atoms with van der Waals surface area (Å²) in [6.45, 7) is 23.5. The molecule has 1 amide bonds. The summed E-state index contributed by atoms with van der Waals surface area (Å²) in [7, 11) is -2.55. The molecule has 11 nitrogen and oxygen atoms in total. The second-order valence-electron chi connectivity index (χ2n) is 17.5. The van der Waals surface area contributed by atoms with E-state index in [-0.39, 0.29) is 29.9 Å². The lowest BCUT2D eigenvalue weighted by Gasteiger charge is -2.39. The van der Waals surface area contributed by atoms with Crippen LogP contribution in [0.1, 0.15) is 75.5 Å². The van der Waals surface area contributed by atoms with Gasteiger partial charge in [-0.15, -0.1) is 0 Å². The summed E-state index contributed by atoms with van der Waals surface area (Å²) in [6, 6.07) is 8.16. The Kier molecular flexibility index (Phi) is 11.6. The smallest absolute Gasteiger partial charge is 0.410 e. The molecule has 5 heterocycles. The maximum atomic E-state index is 13.3. The number of aromatic nitrogens is 4. The highest BCUT2D eigenvalue weighted by atomic mass is 28.3. The molecule has 3 atom stereocenters. The molecule has 0 unspecified atom stereocenters. The van der Waals surface area contributed by atoms with E-state index in [1.54, 1.807) is 12.3 Å². The second kappa shape index (κ2) is 15.2. The van der Waals surface area contributed by atoms with Gasteiger partial charge in [0.05, 0.1) is 6.20 Å². The zero-order valence-electron chi connectivity index (χ0n) is 31.9. The van der Waals surface area contributed by atoms with Crippen LogP contribution in [0.2, 0.25) is 51.4 Å². The summed E-state index contributed by atoms with van der Waals surface area (Å²) in [5.74, 6) is 0.927. The van der Waals surface area contributed by atoms with Crippen LogP contribution < -0.4 is 4.90 Å². The van der Waals surface area contributed by atoms with Crippen molar-refractivity contribution >= 4 is 39.5 Å². The van der Waals surface area contributed by atoms with Gasteiger partial charge in [-0.1, -0.05) is 45.3 Å². The Hall–Kier alpha value is -3.14. The number of nitrogens with zero attached hydrogens (tertiary/aromatic N) is 6. The monoisotopic (exact) mass is 722 g/mol. The lowest BCUT2D eigenvalue weighted by Crippen LogP contribution is -2.48. The van der Waals surface area contributed by atoms with E-state index in [0.717, 1.165) is 60.4 Å². The average molecular weight is 723 g/mol. The molecule has 13 heteroatoms. The fourth-order valence-electron chi connectivity index (χ4n) is 6.67. The van der Waals surface area contributed by atoms with Gasteiger partial charge in [0.1, 0.15) is 30.6 Å². The zero-order valence-corrected chi connectivity index (χ0v) is 33.9. The van der Waals surface area contributed by atoms with Gasteiger partial charge in [0.2, 0.25) is 0 Å². The molecule has 0 radical (unpaired) electrons. The minimum atomic E-state index is -1.28. The van der Waals surface area contributed by atoms with Crippen molar-refractivity contribution in [3.05, 3.63) is 42.0 Å². The molecule has 0 spiro atoms. The number of Topliss-reactive ketones (excluding diaryl/α,β-unsaturated/α-hetero) is 1. The first-order valence-electron chi connectivity index (χ1n) is 18.2. The molecule has 50 heavy (non-hydrogen) atoms. The Morgan fingerprint density at radius 3 is 2.02 bits per heavy atom. The van der Waals surface area contributed by atoms with Crippen LogP contribution in [0.15, 0.2) is 30.6 Å². The van der Waals surface area contributed by atoms with E-state index < -0.39 is 21.7 Å². The molecular weight excluding hydrogens is 665 g/mol. The Morgan fingerprint density at radius 2 is 1.52 bits per heavy atom. The van der Waals surface area contributed by atoms with Crippen LogP contribution in [0, 0.1) is 0 Å². The number of anilines is 1. The molecule has 0 N–H and O–H groups in total. The molecule has 2 aliphatic rings. The molecule has 0 aromatic carbocycles. The van der Waals surface area contributed by atoms with Crippen molar-refractivity contribution in [2.75, 3.05) is 31.6 Å². The Labute approximate surface area is 300 Å². The fraction of sp³-hybridized carbons (Fsp3) is 0.649. The molecule has 2 aliphatic heterocycles. The van der Waals surface area contributed by atoms with E-state index in [9.17, 15) is 9.59 Å². The summed E-state index contributed by atoms with van der Waals surface area (Å²) >= 11 is 0. The van der Waals surface area contributed by atoms with Crippen molar-refractivity contribution in [3.8, 4) is 11.1 Å². The van der Waals surface area contributed by atoms with Crippen LogP contribution in [0.5, 0.6) is 0 Å². The highest BCUT2D eigenvalue weighted by Gasteiger charge is 2.45. The molecule has 5 rings (SSSR count). The molecule has 274 valence electrons. The van der Waals surface area contributed by atoms with Crippen LogP contribution in [0.25, 0.3) is 16.8 Å². The maximum Gasteiger partial charge on any atom is 0.410 e. The second-order valence-corrected chi connectivity index (χ2v) is 28.7. The van der Waals surface area contributed by atoms with E-state index in [1.165, 1.54) is 6.92 Å². The third-order valence-electron chi connectivity index (χ3n) is 9.47. The first-order chi connectivity index (χ1) is 23.4. The number of ether oxygens (including phenoxy) is 3. The predicted octanol–water partition coefficient (Wildman–Crippen LogP) is 8.07. The van der Waals surface area contributed by atoms with E-state index in [0.29, 0.717) is 38.0 Å². The number of carbonyl (C=O) groups is 2. The van der Waals surface area contributed by atoms with Gasteiger partial charge in [-0.3, -0.25) is 9.78 Å². The molecule has 2 fully saturated rings. The zero-order chi connectivity index (χ0) is 36.4. The van der Waals surface area contributed by atoms with Crippen LogP contribution in [0.3, 0.4) is 0 Å². The topological polar surface area (TPSA) is 111 Å². The van der Waals surface area contributed by atoms with Crippen LogP contribution in [0.4, 0.5) is 10.6 Å².